The molecule has 0 saturated carbocycles. The normalized spacial score (nSPS) is 23.7. The summed E-state index contributed by atoms with van der Waals surface area (Å²) in [6.45, 7) is -0.483. The van der Waals surface area contributed by atoms with Crippen LogP contribution in [-0.2, 0) is 23.7 Å². The van der Waals surface area contributed by atoms with Gasteiger partial charge in [0.2, 0.25) is 0 Å². The molecule has 1 heterocycles. The topological polar surface area (TPSA) is 118 Å². The maximum Gasteiger partial charge on any atom is 0.338 e. The number of carbonyl (C=O) groups excluding carboxylic acids is 3. The predicted molar refractivity (Wildman–Crippen MR) is 155 cm³/mol. The van der Waals surface area contributed by atoms with Gasteiger partial charge in [0.05, 0.1) is 20.9 Å². The molecule has 1 fully saturated rings. The molecule has 4 rings (SSSR count). The van der Waals surface area contributed by atoms with Crippen molar-refractivity contribution in [2.45, 2.75) is 30.2 Å². The average molecular weight is 597 g/mol. The zero-order valence-electron chi connectivity index (χ0n) is 22.2. The standard InChI is InChI=1S/C30H28O9S2/c1-35-28-23(38-26(32)20-14-8-4-9-15-20)24(39-27(33)21-16-10-5-11-17-21)30(34,29(40)41-2)22(37-28)18-36-25(31)19-12-6-3-7-13-19/h3-17,22-24,28,34H,18H2,1-2H3/t22-,23-,24-,28+,30-/m1/s1. The molecule has 3 aromatic carbocycles. The molecule has 0 aliphatic carbocycles. The van der Waals surface area contributed by atoms with Gasteiger partial charge < -0.3 is 28.8 Å². The molecular formula is C30H28O9S2. The van der Waals surface area contributed by atoms with Crippen LogP contribution in [0, 0.1) is 0 Å². The van der Waals surface area contributed by atoms with E-state index in [0.717, 1.165) is 11.8 Å². The predicted octanol–water partition coefficient (Wildman–Crippen LogP) is 4.09. The molecule has 1 aliphatic heterocycles. The van der Waals surface area contributed by atoms with Crippen LogP contribution in [-0.4, -0.2) is 77.4 Å². The number of carbonyl (C=O) groups is 3. The number of aliphatic hydroxyl groups is 1. The van der Waals surface area contributed by atoms with Crippen molar-refractivity contribution in [1.82, 2.24) is 0 Å². The van der Waals surface area contributed by atoms with Crippen LogP contribution in [0.15, 0.2) is 91.0 Å². The Balaban J connectivity index is 1.71. The molecule has 5 atom stereocenters. The highest BCUT2D eigenvalue weighted by atomic mass is 32.2. The first-order valence-electron chi connectivity index (χ1n) is 12.5. The Kier molecular flexibility index (Phi) is 10.2. The number of esters is 3. The number of hydrogen-bond acceptors (Lipinski definition) is 11. The van der Waals surface area contributed by atoms with Crippen LogP contribution in [0.25, 0.3) is 0 Å². The first-order valence-corrected chi connectivity index (χ1v) is 14.2. The van der Waals surface area contributed by atoms with E-state index in [4.69, 9.17) is 35.9 Å². The third-order valence-electron chi connectivity index (χ3n) is 6.41. The molecule has 214 valence electrons. The molecule has 1 N–H and O–H groups in total. The first kappa shape index (κ1) is 30.4. The largest absolute Gasteiger partial charge is 0.459 e. The van der Waals surface area contributed by atoms with Crippen molar-refractivity contribution in [3.8, 4) is 0 Å². The van der Waals surface area contributed by atoms with E-state index in [9.17, 15) is 19.5 Å². The van der Waals surface area contributed by atoms with E-state index in [2.05, 4.69) is 0 Å². The summed E-state index contributed by atoms with van der Waals surface area (Å²) in [6, 6.07) is 24.5. The van der Waals surface area contributed by atoms with Crippen LogP contribution in [0.5, 0.6) is 0 Å². The van der Waals surface area contributed by atoms with E-state index in [-0.39, 0.29) is 20.9 Å². The zero-order chi connectivity index (χ0) is 29.4. The van der Waals surface area contributed by atoms with E-state index in [1.54, 1.807) is 85.1 Å². The van der Waals surface area contributed by atoms with Gasteiger partial charge >= 0.3 is 17.9 Å². The minimum atomic E-state index is -2.26. The minimum Gasteiger partial charge on any atom is -0.459 e. The molecular weight excluding hydrogens is 568 g/mol. The third kappa shape index (κ3) is 6.83. The van der Waals surface area contributed by atoms with Crippen LogP contribution < -0.4 is 0 Å². The van der Waals surface area contributed by atoms with Crippen LogP contribution in [0.3, 0.4) is 0 Å². The van der Waals surface area contributed by atoms with Crippen LogP contribution in [0.1, 0.15) is 31.1 Å². The second-order valence-electron chi connectivity index (χ2n) is 8.94. The van der Waals surface area contributed by atoms with Gasteiger partial charge in [0.1, 0.15) is 12.7 Å². The van der Waals surface area contributed by atoms with Crippen LogP contribution in [0.2, 0.25) is 0 Å². The lowest BCUT2D eigenvalue weighted by Crippen LogP contribution is -2.71. The van der Waals surface area contributed by atoms with Crippen LogP contribution in [0.4, 0.5) is 0 Å². The fourth-order valence-electron chi connectivity index (χ4n) is 4.29. The summed E-state index contributed by atoms with van der Waals surface area (Å²) in [5, 5.41) is 12.2. The number of benzene rings is 3. The van der Waals surface area contributed by atoms with Crippen molar-refractivity contribution < 1.29 is 43.2 Å². The minimum absolute atomic E-state index is 0.0422. The van der Waals surface area contributed by atoms with Gasteiger partial charge in [-0.3, -0.25) is 0 Å². The summed E-state index contributed by atoms with van der Waals surface area (Å²) in [6.07, 6.45) is -4.14. The Morgan fingerprint density at radius 1 is 0.829 bits per heavy atom. The highest BCUT2D eigenvalue weighted by Gasteiger charge is 2.62. The van der Waals surface area contributed by atoms with E-state index < -0.39 is 54.7 Å². The summed E-state index contributed by atoms with van der Waals surface area (Å²) in [4.78, 5) is 39.1. The highest BCUT2D eigenvalue weighted by molar-refractivity contribution is 8.22. The molecule has 0 bridgehead atoms. The first-order chi connectivity index (χ1) is 19.8. The number of hydrogen-bond donors (Lipinski definition) is 1. The zero-order valence-corrected chi connectivity index (χ0v) is 23.8. The summed E-state index contributed by atoms with van der Waals surface area (Å²) < 4.78 is 28.6. The van der Waals surface area contributed by atoms with E-state index in [0.29, 0.717) is 0 Å². The lowest BCUT2D eigenvalue weighted by molar-refractivity contribution is -0.306. The Labute approximate surface area is 246 Å². The number of methoxy groups -OCH3 is 1. The summed E-state index contributed by atoms with van der Waals surface area (Å²) in [5.74, 6) is -2.25. The number of thiocarbonyl (C=S) groups is 1. The molecule has 0 unspecified atom stereocenters. The molecule has 0 spiro atoms. The van der Waals surface area contributed by atoms with Crippen molar-refractivity contribution in [3.63, 3.8) is 0 Å². The van der Waals surface area contributed by atoms with Crippen molar-refractivity contribution in [1.29, 1.82) is 0 Å². The number of thioether (sulfide) groups is 1. The molecule has 0 aromatic heterocycles. The summed E-state index contributed by atoms with van der Waals surface area (Å²) in [5.41, 5.74) is -1.58. The van der Waals surface area contributed by atoms with E-state index in [1.807, 2.05) is 0 Å². The molecule has 1 aliphatic rings. The Bertz CT molecular complexity index is 1350. The van der Waals surface area contributed by atoms with Crippen LogP contribution >= 0.6 is 24.0 Å². The monoisotopic (exact) mass is 596 g/mol. The summed E-state index contributed by atoms with van der Waals surface area (Å²) in [7, 11) is 1.30. The van der Waals surface area contributed by atoms with Gasteiger partial charge in [0.25, 0.3) is 0 Å². The molecule has 9 nitrogen and oxygen atoms in total. The molecule has 0 amide bonds. The van der Waals surface area contributed by atoms with Crippen molar-refractivity contribution in [3.05, 3.63) is 108 Å². The summed E-state index contributed by atoms with van der Waals surface area (Å²) >= 11 is 6.55. The molecule has 41 heavy (non-hydrogen) atoms. The second kappa shape index (κ2) is 13.8. The fraction of sp³-hybridized carbons (Fsp3) is 0.267. The smallest absolute Gasteiger partial charge is 0.338 e. The van der Waals surface area contributed by atoms with Gasteiger partial charge in [-0.2, -0.15) is 0 Å². The van der Waals surface area contributed by atoms with Crippen molar-refractivity contribution in [2.75, 3.05) is 20.0 Å². The maximum atomic E-state index is 13.3. The molecule has 0 radical (unpaired) electrons. The van der Waals surface area contributed by atoms with Crippen molar-refractivity contribution in [2.24, 2.45) is 0 Å². The van der Waals surface area contributed by atoms with E-state index >= 15 is 0 Å². The quantitative estimate of drug-likeness (QED) is 0.219. The third-order valence-corrected chi connectivity index (χ3v) is 7.93. The van der Waals surface area contributed by atoms with Gasteiger partial charge in [0.15, 0.2) is 24.1 Å². The fourth-order valence-corrected chi connectivity index (χ4v) is 5.12. The molecule has 1 saturated heterocycles. The SMILES string of the molecule is CO[C@H]1O[C@H](COC(=O)c2ccccc2)[C@](O)(C(=S)SC)[C@H](OC(=O)c2ccccc2)[C@H]1OC(=O)c1ccccc1. The number of rotatable bonds is 9. The highest BCUT2D eigenvalue weighted by Crippen LogP contribution is 2.39. The van der Waals surface area contributed by atoms with Gasteiger partial charge in [-0.15, -0.1) is 11.8 Å². The molecule has 3 aromatic rings. The van der Waals surface area contributed by atoms with Gasteiger partial charge in [-0.25, -0.2) is 14.4 Å². The average Bonchev–Trinajstić information content (AvgIpc) is 3.02. The number of ether oxygens (including phenoxy) is 5. The van der Waals surface area contributed by atoms with Gasteiger partial charge in [0, 0.05) is 7.11 Å². The van der Waals surface area contributed by atoms with Crippen molar-refractivity contribution >= 4 is 46.1 Å². The second-order valence-corrected chi connectivity index (χ2v) is 10.4. The molecule has 11 heteroatoms. The van der Waals surface area contributed by atoms with Gasteiger partial charge in [-0.1, -0.05) is 66.8 Å². The lowest BCUT2D eigenvalue weighted by atomic mass is 9.85. The maximum absolute atomic E-state index is 13.3. The van der Waals surface area contributed by atoms with E-state index in [1.165, 1.54) is 19.2 Å². The van der Waals surface area contributed by atoms with Gasteiger partial charge in [-0.05, 0) is 42.7 Å². The Morgan fingerprint density at radius 2 is 1.29 bits per heavy atom. The Morgan fingerprint density at radius 3 is 1.76 bits per heavy atom. The lowest BCUT2D eigenvalue weighted by Gasteiger charge is -2.49. The Hall–Kier alpha value is -3.61.